The molecule has 16 heavy (non-hydrogen) atoms. The van der Waals surface area contributed by atoms with Crippen LogP contribution in [0.2, 0.25) is 0 Å². The Kier molecular flexibility index (Phi) is 4.26. The van der Waals surface area contributed by atoms with E-state index < -0.39 is 10.0 Å². The minimum absolute atomic E-state index is 0.0451. The predicted octanol–water partition coefficient (Wildman–Crippen LogP) is 1.23. The highest BCUT2D eigenvalue weighted by Gasteiger charge is 2.30. The summed E-state index contributed by atoms with van der Waals surface area (Å²) in [6, 6.07) is 0.717. The molecule has 1 aliphatic carbocycles. The molecule has 0 aromatic rings. The van der Waals surface area contributed by atoms with E-state index in [2.05, 4.69) is 20.8 Å². The molecule has 0 N–H and O–H groups in total. The molecule has 1 saturated carbocycles. The molecule has 0 aromatic carbocycles. The number of hydrogen-bond acceptors (Lipinski definition) is 3. The Morgan fingerprint density at radius 2 is 1.62 bits per heavy atom. The van der Waals surface area contributed by atoms with Gasteiger partial charge < -0.3 is 0 Å². The summed E-state index contributed by atoms with van der Waals surface area (Å²) in [5.74, 6) is 0. The predicted molar refractivity (Wildman–Crippen MR) is 68.1 cm³/mol. The lowest BCUT2D eigenvalue weighted by atomic mass is 10.2. The molecule has 4 nitrogen and oxygen atoms in total. The maximum atomic E-state index is 11.6. The lowest BCUT2D eigenvalue weighted by molar-refractivity contribution is 0.139. The molecule has 2 fully saturated rings. The van der Waals surface area contributed by atoms with Crippen molar-refractivity contribution in [3.8, 4) is 0 Å². The zero-order valence-electron chi connectivity index (χ0n) is 9.44. The molecule has 0 radical (unpaired) electrons. The van der Waals surface area contributed by atoms with E-state index >= 15 is 0 Å². The Balaban J connectivity index is 1.87. The van der Waals surface area contributed by atoms with Crippen molar-refractivity contribution in [1.82, 2.24) is 9.21 Å². The van der Waals surface area contributed by atoms with E-state index in [9.17, 15) is 8.42 Å². The highest BCUT2D eigenvalue weighted by atomic mass is 79.9. The van der Waals surface area contributed by atoms with E-state index in [1.54, 1.807) is 4.31 Å². The van der Waals surface area contributed by atoms with Crippen molar-refractivity contribution >= 4 is 26.0 Å². The van der Waals surface area contributed by atoms with E-state index in [1.165, 1.54) is 25.7 Å². The summed E-state index contributed by atoms with van der Waals surface area (Å²) in [6.45, 7) is 3.11. The third-order valence-electron chi connectivity index (χ3n) is 3.65. The van der Waals surface area contributed by atoms with E-state index in [0.717, 1.165) is 13.1 Å². The number of sulfonamides is 1. The van der Waals surface area contributed by atoms with Crippen molar-refractivity contribution in [3.63, 3.8) is 0 Å². The highest BCUT2D eigenvalue weighted by molar-refractivity contribution is 9.10. The second-order valence-corrected chi connectivity index (χ2v) is 7.87. The van der Waals surface area contributed by atoms with Gasteiger partial charge in [0.1, 0.15) is 4.66 Å². The fourth-order valence-corrected chi connectivity index (χ4v) is 4.41. The molecule has 1 saturated heterocycles. The van der Waals surface area contributed by atoms with Crippen LogP contribution in [0.3, 0.4) is 0 Å². The van der Waals surface area contributed by atoms with Gasteiger partial charge in [-0.2, -0.15) is 4.31 Å². The largest absolute Gasteiger partial charge is 0.298 e. The molecule has 0 atom stereocenters. The maximum Gasteiger partial charge on any atom is 0.224 e. The van der Waals surface area contributed by atoms with Crippen LogP contribution in [-0.2, 0) is 10.0 Å². The first kappa shape index (κ1) is 12.8. The molecule has 94 valence electrons. The summed E-state index contributed by atoms with van der Waals surface area (Å²) in [5, 5.41) is 0. The van der Waals surface area contributed by atoms with Crippen LogP contribution in [0.5, 0.6) is 0 Å². The minimum atomic E-state index is -3.04. The second kappa shape index (κ2) is 5.33. The minimum Gasteiger partial charge on any atom is -0.298 e. The van der Waals surface area contributed by atoms with Gasteiger partial charge in [0.2, 0.25) is 10.0 Å². The Hall–Kier alpha value is 0.350. The van der Waals surface area contributed by atoms with Crippen LogP contribution in [0.4, 0.5) is 0 Å². The highest BCUT2D eigenvalue weighted by Crippen LogP contribution is 2.24. The molecular weight excluding hydrogens is 292 g/mol. The summed E-state index contributed by atoms with van der Waals surface area (Å²) in [5.41, 5.74) is 0. The fraction of sp³-hybridized carbons (Fsp3) is 1.00. The first-order valence-electron chi connectivity index (χ1n) is 5.91. The number of rotatable bonds is 3. The average molecular weight is 311 g/mol. The van der Waals surface area contributed by atoms with Crippen molar-refractivity contribution in [3.05, 3.63) is 0 Å². The first-order chi connectivity index (χ1) is 7.63. The summed E-state index contributed by atoms with van der Waals surface area (Å²) < 4.78 is 24.9. The van der Waals surface area contributed by atoms with Crippen molar-refractivity contribution in [2.24, 2.45) is 0 Å². The van der Waals surface area contributed by atoms with Crippen LogP contribution in [-0.4, -0.2) is 54.5 Å². The van der Waals surface area contributed by atoms with Gasteiger partial charge in [0.15, 0.2) is 0 Å². The monoisotopic (exact) mass is 310 g/mol. The Morgan fingerprint density at radius 3 is 2.12 bits per heavy atom. The molecule has 2 rings (SSSR count). The van der Waals surface area contributed by atoms with E-state index in [0.29, 0.717) is 19.1 Å². The number of halogens is 1. The number of hydrogen-bond donors (Lipinski definition) is 0. The van der Waals surface area contributed by atoms with Crippen LogP contribution in [0.25, 0.3) is 0 Å². The number of alkyl halides is 1. The molecule has 0 spiro atoms. The molecule has 1 aliphatic heterocycles. The van der Waals surface area contributed by atoms with Gasteiger partial charge in [-0.3, -0.25) is 4.90 Å². The van der Waals surface area contributed by atoms with Crippen molar-refractivity contribution in [2.45, 2.75) is 31.7 Å². The smallest absolute Gasteiger partial charge is 0.224 e. The quantitative estimate of drug-likeness (QED) is 0.736. The fourth-order valence-electron chi connectivity index (χ4n) is 2.69. The summed E-state index contributed by atoms with van der Waals surface area (Å²) in [4.78, 5) is 2.47. The average Bonchev–Trinajstić information content (AvgIpc) is 2.83. The molecule has 2 aliphatic rings. The van der Waals surface area contributed by atoms with Crippen LogP contribution < -0.4 is 0 Å². The standard InChI is InChI=1S/C10H19BrN2O2S/c11-9-16(14,15)13-7-5-12(6-8-13)10-3-1-2-4-10/h10H,1-9H2. The molecule has 0 aromatic heterocycles. The van der Waals surface area contributed by atoms with Gasteiger partial charge in [0, 0.05) is 32.2 Å². The van der Waals surface area contributed by atoms with Crippen LogP contribution >= 0.6 is 15.9 Å². The Morgan fingerprint density at radius 1 is 1.06 bits per heavy atom. The van der Waals surface area contributed by atoms with Gasteiger partial charge in [-0.1, -0.05) is 28.8 Å². The lowest BCUT2D eigenvalue weighted by Gasteiger charge is -2.37. The molecule has 0 bridgehead atoms. The van der Waals surface area contributed by atoms with Gasteiger partial charge >= 0.3 is 0 Å². The summed E-state index contributed by atoms with van der Waals surface area (Å²) in [6.07, 6.45) is 5.27. The third-order valence-corrected chi connectivity index (χ3v) is 6.81. The molecule has 0 unspecified atom stereocenters. The number of piperazine rings is 1. The van der Waals surface area contributed by atoms with E-state index in [4.69, 9.17) is 0 Å². The zero-order valence-corrected chi connectivity index (χ0v) is 11.8. The third kappa shape index (κ3) is 2.78. The normalized spacial score (nSPS) is 26.3. The van der Waals surface area contributed by atoms with Gasteiger partial charge in [0.25, 0.3) is 0 Å². The Bertz CT molecular complexity index is 320. The Labute approximate surface area is 106 Å². The van der Waals surface area contributed by atoms with Crippen LogP contribution in [0, 0.1) is 0 Å². The molecule has 6 heteroatoms. The summed E-state index contributed by atoms with van der Waals surface area (Å²) in [7, 11) is -3.04. The van der Waals surface area contributed by atoms with Gasteiger partial charge in [-0.25, -0.2) is 8.42 Å². The molecule has 0 amide bonds. The molecule has 1 heterocycles. The van der Waals surface area contributed by atoms with Gasteiger partial charge in [-0.15, -0.1) is 0 Å². The SMILES string of the molecule is O=S(=O)(CBr)N1CCN(C2CCCC2)CC1. The summed E-state index contributed by atoms with van der Waals surface area (Å²) >= 11 is 3.04. The molecular formula is C10H19BrN2O2S. The van der Waals surface area contributed by atoms with Crippen molar-refractivity contribution in [2.75, 3.05) is 30.8 Å². The van der Waals surface area contributed by atoms with Crippen LogP contribution in [0.15, 0.2) is 0 Å². The van der Waals surface area contributed by atoms with Gasteiger partial charge in [0.05, 0.1) is 0 Å². The first-order valence-corrected chi connectivity index (χ1v) is 8.64. The van der Waals surface area contributed by atoms with Crippen LogP contribution in [0.1, 0.15) is 25.7 Å². The topological polar surface area (TPSA) is 40.6 Å². The number of nitrogens with zero attached hydrogens (tertiary/aromatic N) is 2. The maximum absolute atomic E-state index is 11.6. The van der Waals surface area contributed by atoms with Crippen molar-refractivity contribution in [1.29, 1.82) is 0 Å². The zero-order chi connectivity index (χ0) is 11.6. The van der Waals surface area contributed by atoms with E-state index in [1.807, 2.05) is 0 Å². The lowest BCUT2D eigenvalue weighted by Crippen LogP contribution is -2.51. The van der Waals surface area contributed by atoms with Gasteiger partial charge in [-0.05, 0) is 12.8 Å². The van der Waals surface area contributed by atoms with Crippen molar-refractivity contribution < 1.29 is 8.42 Å². The van der Waals surface area contributed by atoms with E-state index in [-0.39, 0.29) is 4.66 Å². The second-order valence-electron chi connectivity index (χ2n) is 4.59.